The molecule has 0 spiro atoms. The van der Waals surface area contributed by atoms with E-state index >= 15 is 0 Å². The number of methoxy groups -OCH3 is 2. The van der Waals surface area contributed by atoms with Crippen LogP contribution in [0.25, 0.3) is 0 Å². The Balaban J connectivity index is 1.47. The van der Waals surface area contributed by atoms with Crippen molar-refractivity contribution in [2.24, 2.45) is 5.92 Å². The van der Waals surface area contributed by atoms with Crippen molar-refractivity contribution in [3.05, 3.63) is 95.6 Å². The number of carbonyl (C=O) groups excluding carboxylic acids is 2. The van der Waals surface area contributed by atoms with Gasteiger partial charge < -0.3 is 34.6 Å². The zero-order valence-electron chi connectivity index (χ0n) is 28.6. The third-order valence-corrected chi connectivity index (χ3v) is 9.46. The zero-order chi connectivity index (χ0) is 35.1. The number of carbonyl (C=O) groups is 3. The molecule has 0 aromatic heterocycles. The van der Waals surface area contributed by atoms with Gasteiger partial charge >= 0.3 is 6.09 Å². The van der Waals surface area contributed by atoms with Crippen LogP contribution in [0.15, 0.2) is 78.9 Å². The van der Waals surface area contributed by atoms with Crippen molar-refractivity contribution in [1.82, 2.24) is 15.1 Å². The summed E-state index contributed by atoms with van der Waals surface area (Å²) in [6.07, 6.45) is -0.303. The van der Waals surface area contributed by atoms with Crippen LogP contribution in [0.1, 0.15) is 56.2 Å². The number of aliphatic hydroxyl groups excluding tert-OH is 1. The topological polar surface area (TPSA) is 138 Å². The molecule has 3 N–H and O–H groups in total. The third kappa shape index (κ3) is 7.84. The second kappa shape index (κ2) is 15.7. The summed E-state index contributed by atoms with van der Waals surface area (Å²) in [6.45, 7) is 4.37. The monoisotopic (exact) mass is 673 g/mol. The minimum Gasteiger partial charge on any atom is -0.497 e. The number of nitrogens with one attached hydrogen (secondary N) is 1. The fraction of sp³-hybridized carbons (Fsp3) is 0.447. The van der Waals surface area contributed by atoms with E-state index in [-0.39, 0.29) is 31.5 Å². The van der Waals surface area contributed by atoms with Crippen molar-refractivity contribution in [2.75, 3.05) is 33.9 Å². The van der Waals surface area contributed by atoms with E-state index in [0.29, 0.717) is 37.2 Å². The Morgan fingerprint density at radius 2 is 1.45 bits per heavy atom. The van der Waals surface area contributed by atoms with Crippen LogP contribution in [-0.2, 0) is 19.9 Å². The number of hydrogen-bond donors (Lipinski definition) is 3. The average molecular weight is 674 g/mol. The molecule has 11 heteroatoms. The molecule has 2 aliphatic rings. The van der Waals surface area contributed by atoms with Crippen LogP contribution in [0, 0.1) is 5.92 Å². The Labute approximate surface area is 287 Å². The highest BCUT2D eigenvalue weighted by Crippen LogP contribution is 2.42. The molecular formula is C38H47N3O8. The first kappa shape index (κ1) is 35.7. The molecule has 11 nitrogen and oxygen atoms in total. The van der Waals surface area contributed by atoms with E-state index in [0.717, 1.165) is 21.6 Å². The molecule has 49 heavy (non-hydrogen) atoms. The molecule has 3 aromatic rings. The highest BCUT2D eigenvalue weighted by atomic mass is 16.5. The van der Waals surface area contributed by atoms with E-state index < -0.39 is 41.8 Å². The Kier molecular flexibility index (Phi) is 11.5. The molecule has 2 fully saturated rings. The number of benzene rings is 3. The molecule has 3 aromatic carbocycles. The van der Waals surface area contributed by atoms with Gasteiger partial charge in [0, 0.05) is 13.1 Å². The van der Waals surface area contributed by atoms with Crippen LogP contribution in [0.2, 0.25) is 0 Å². The van der Waals surface area contributed by atoms with Crippen LogP contribution >= 0.6 is 0 Å². The number of nitrogens with zero attached hydrogens (tertiary/aromatic N) is 2. The highest BCUT2D eigenvalue weighted by Gasteiger charge is 2.44. The van der Waals surface area contributed by atoms with Gasteiger partial charge in [-0.15, -0.1) is 0 Å². The van der Waals surface area contributed by atoms with Gasteiger partial charge in [-0.1, -0.05) is 68.4 Å². The third-order valence-electron chi connectivity index (χ3n) is 9.46. The molecule has 1 unspecified atom stereocenters. The number of β-amino-alcohol motifs (C(OH)–C–C–N with tert-alkyl or cyclic N) is 1. The average Bonchev–Trinajstić information content (AvgIpc) is 3.76. The van der Waals surface area contributed by atoms with Crippen LogP contribution in [0.4, 0.5) is 4.79 Å². The molecule has 2 aliphatic heterocycles. The van der Waals surface area contributed by atoms with Gasteiger partial charge in [-0.2, -0.15) is 0 Å². The van der Waals surface area contributed by atoms with Crippen molar-refractivity contribution >= 4 is 17.9 Å². The van der Waals surface area contributed by atoms with E-state index in [1.807, 2.05) is 92.7 Å². The minimum absolute atomic E-state index is 0.0616. The van der Waals surface area contributed by atoms with Crippen molar-refractivity contribution in [1.29, 1.82) is 0 Å². The van der Waals surface area contributed by atoms with Crippen LogP contribution in [0.3, 0.4) is 0 Å². The molecule has 3 amide bonds. The van der Waals surface area contributed by atoms with Crippen LogP contribution in [-0.4, -0.2) is 96.1 Å². The van der Waals surface area contributed by atoms with Crippen molar-refractivity contribution < 1.29 is 38.8 Å². The molecule has 5 rings (SSSR count). The summed E-state index contributed by atoms with van der Waals surface area (Å²) in [4.78, 5) is 42.1. The molecule has 0 radical (unpaired) electrons. The smallest absolute Gasteiger partial charge is 0.407 e. The lowest BCUT2D eigenvalue weighted by molar-refractivity contribution is -0.140. The van der Waals surface area contributed by atoms with E-state index in [1.165, 1.54) is 0 Å². The molecular weight excluding hydrogens is 626 g/mol. The number of rotatable bonds is 13. The summed E-state index contributed by atoms with van der Waals surface area (Å²) in [5, 5.41) is 23.4. The summed E-state index contributed by atoms with van der Waals surface area (Å²) in [5.41, 5.74) is 1.43. The maximum atomic E-state index is 14.3. The Morgan fingerprint density at radius 3 is 1.98 bits per heavy atom. The largest absolute Gasteiger partial charge is 0.497 e. The van der Waals surface area contributed by atoms with Gasteiger partial charge in [0.2, 0.25) is 11.8 Å². The number of amides is 3. The number of aliphatic hydroxyl groups is 1. The molecule has 262 valence electrons. The van der Waals surface area contributed by atoms with Gasteiger partial charge in [0.05, 0.1) is 33.0 Å². The van der Waals surface area contributed by atoms with Gasteiger partial charge in [0.15, 0.2) is 0 Å². The quantitative estimate of drug-likeness (QED) is 0.223. The van der Waals surface area contributed by atoms with Crippen LogP contribution < -0.4 is 14.8 Å². The van der Waals surface area contributed by atoms with Gasteiger partial charge in [-0.3, -0.25) is 14.5 Å². The van der Waals surface area contributed by atoms with Crippen molar-refractivity contribution in [3.63, 3.8) is 0 Å². The van der Waals surface area contributed by atoms with E-state index in [9.17, 15) is 24.6 Å². The van der Waals surface area contributed by atoms with Gasteiger partial charge in [0.1, 0.15) is 29.2 Å². The Morgan fingerprint density at radius 1 is 0.878 bits per heavy atom. The highest BCUT2D eigenvalue weighted by molar-refractivity contribution is 5.91. The van der Waals surface area contributed by atoms with Gasteiger partial charge in [-0.05, 0) is 72.6 Å². The number of carboxylic acid groups (broad SMARTS) is 1. The zero-order valence-corrected chi connectivity index (χ0v) is 28.6. The summed E-state index contributed by atoms with van der Waals surface area (Å²) in [7, 11) is 3.22. The van der Waals surface area contributed by atoms with E-state index in [4.69, 9.17) is 14.2 Å². The molecule has 2 saturated heterocycles. The number of hydrogen-bond acceptors (Lipinski definition) is 7. The lowest BCUT2D eigenvalue weighted by Crippen LogP contribution is -2.55. The molecule has 0 saturated carbocycles. The summed E-state index contributed by atoms with van der Waals surface area (Å²) < 4.78 is 18.0. The molecule has 4 atom stereocenters. The van der Waals surface area contributed by atoms with Gasteiger partial charge in [0.25, 0.3) is 0 Å². The predicted octanol–water partition coefficient (Wildman–Crippen LogP) is 4.65. The van der Waals surface area contributed by atoms with Crippen molar-refractivity contribution in [3.8, 4) is 11.5 Å². The van der Waals surface area contributed by atoms with Crippen molar-refractivity contribution in [2.45, 2.75) is 69.4 Å². The van der Waals surface area contributed by atoms with Crippen LogP contribution in [0.5, 0.6) is 11.5 Å². The maximum Gasteiger partial charge on any atom is 0.407 e. The first-order valence-electron chi connectivity index (χ1n) is 16.8. The molecule has 2 heterocycles. The molecule has 0 bridgehead atoms. The summed E-state index contributed by atoms with van der Waals surface area (Å²) in [6, 6.07) is 22.9. The summed E-state index contributed by atoms with van der Waals surface area (Å²) in [5.74, 6) is 0.642. The number of ether oxygens (including phenoxy) is 3. The first-order chi connectivity index (χ1) is 23.6. The lowest BCUT2D eigenvalue weighted by atomic mass is 9.80. The molecule has 0 aliphatic carbocycles. The Bertz CT molecular complexity index is 1520. The number of likely N-dealkylation sites (tertiary alicyclic amines) is 2. The lowest BCUT2D eigenvalue weighted by Gasteiger charge is -2.38. The van der Waals surface area contributed by atoms with E-state index in [1.54, 1.807) is 19.1 Å². The fourth-order valence-electron chi connectivity index (χ4n) is 7.04. The standard InChI is InChI=1S/C38H47N3O8/c1-25(2)21-33(39-35(43)34-11-8-20-40(34)37(45)46)36(44)41-23-30(42)22-29(41)24-49-38(26-9-6-5-7-10-26,27-12-16-31(47-3)17-13-27)28-14-18-32(48-4)19-15-28/h5-7,9-10,12-19,25,29-30,33-34,42H,8,11,20-24H2,1-4H3,(H,39,43)(H,45,46)/t29-,30+,33?,34-/m0/s1. The normalized spacial score (nSPS) is 19.9. The second-order valence-electron chi connectivity index (χ2n) is 13.2. The second-order valence-corrected chi connectivity index (χ2v) is 13.2. The Hall–Kier alpha value is -4.61. The SMILES string of the molecule is COc1ccc(C(OC[C@@H]2C[C@@H](O)CN2C(=O)C(CC(C)C)NC(=O)[C@@H]2CCCN2C(=O)O)(c2ccccc2)c2ccc(OC)cc2)cc1. The maximum absolute atomic E-state index is 14.3. The minimum atomic E-state index is -1.15. The van der Waals surface area contributed by atoms with E-state index in [2.05, 4.69) is 5.32 Å². The predicted molar refractivity (Wildman–Crippen MR) is 184 cm³/mol. The summed E-state index contributed by atoms with van der Waals surface area (Å²) >= 11 is 0. The van der Waals surface area contributed by atoms with Gasteiger partial charge in [-0.25, -0.2) is 4.79 Å². The first-order valence-corrected chi connectivity index (χ1v) is 16.8. The fourth-order valence-corrected chi connectivity index (χ4v) is 7.04.